The lowest BCUT2D eigenvalue weighted by Crippen LogP contribution is -1.98. The topological polar surface area (TPSA) is 51.8 Å². The molecular weight excluding hydrogens is 198 g/mol. The predicted octanol–water partition coefficient (Wildman–Crippen LogP) is 2.65. The standard InChI is InChI=1S/C13H15N3/c1-8-5-4-6-11(9(8)2)12-7-13(14)16-10(3)15-12/h4-7H,1-3H3,(H2,14,15,16). The molecule has 3 heteroatoms. The quantitative estimate of drug-likeness (QED) is 0.792. The van der Waals surface area contributed by atoms with Crippen LogP contribution in [-0.4, -0.2) is 9.97 Å². The van der Waals surface area contributed by atoms with Crippen molar-refractivity contribution in [2.45, 2.75) is 20.8 Å². The Morgan fingerprint density at radius 1 is 1.06 bits per heavy atom. The van der Waals surface area contributed by atoms with E-state index in [1.54, 1.807) is 0 Å². The number of nitrogens with zero attached hydrogens (tertiary/aromatic N) is 2. The predicted molar refractivity (Wildman–Crippen MR) is 66.1 cm³/mol. The molecule has 0 spiro atoms. The van der Waals surface area contributed by atoms with Gasteiger partial charge in [-0.2, -0.15) is 0 Å². The average Bonchev–Trinajstić information content (AvgIpc) is 2.20. The summed E-state index contributed by atoms with van der Waals surface area (Å²) in [6, 6.07) is 8.00. The monoisotopic (exact) mass is 213 g/mol. The summed E-state index contributed by atoms with van der Waals surface area (Å²) in [7, 11) is 0. The fourth-order valence-electron chi connectivity index (χ4n) is 1.76. The van der Waals surface area contributed by atoms with Crippen molar-refractivity contribution in [2.24, 2.45) is 0 Å². The molecule has 0 unspecified atom stereocenters. The van der Waals surface area contributed by atoms with Gasteiger partial charge in [-0.25, -0.2) is 9.97 Å². The van der Waals surface area contributed by atoms with Gasteiger partial charge in [-0.1, -0.05) is 18.2 Å². The van der Waals surface area contributed by atoms with Crippen LogP contribution in [0.2, 0.25) is 0 Å². The number of nitrogens with two attached hydrogens (primary N) is 1. The Morgan fingerprint density at radius 2 is 1.81 bits per heavy atom. The lowest BCUT2D eigenvalue weighted by Gasteiger charge is -2.08. The third-order valence-electron chi connectivity index (χ3n) is 2.74. The molecule has 0 saturated heterocycles. The van der Waals surface area contributed by atoms with Crippen LogP contribution in [0.4, 0.5) is 5.82 Å². The van der Waals surface area contributed by atoms with Crippen LogP contribution in [0.1, 0.15) is 17.0 Å². The Bertz CT molecular complexity index is 512. The van der Waals surface area contributed by atoms with Crippen LogP contribution in [-0.2, 0) is 0 Å². The first-order chi connectivity index (χ1) is 7.58. The van der Waals surface area contributed by atoms with Crippen molar-refractivity contribution < 1.29 is 0 Å². The molecule has 0 fully saturated rings. The smallest absolute Gasteiger partial charge is 0.128 e. The van der Waals surface area contributed by atoms with Gasteiger partial charge in [0.1, 0.15) is 11.6 Å². The van der Waals surface area contributed by atoms with Gasteiger partial charge in [-0.15, -0.1) is 0 Å². The highest BCUT2D eigenvalue weighted by Crippen LogP contribution is 2.24. The Morgan fingerprint density at radius 3 is 2.50 bits per heavy atom. The van der Waals surface area contributed by atoms with Gasteiger partial charge in [0.2, 0.25) is 0 Å². The Labute approximate surface area is 95.4 Å². The third kappa shape index (κ3) is 1.89. The second-order valence-electron chi connectivity index (χ2n) is 3.97. The van der Waals surface area contributed by atoms with E-state index >= 15 is 0 Å². The van der Waals surface area contributed by atoms with Gasteiger partial charge in [-0.3, -0.25) is 0 Å². The molecule has 2 N–H and O–H groups in total. The number of rotatable bonds is 1. The second kappa shape index (κ2) is 3.93. The normalized spacial score (nSPS) is 10.4. The van der Waals surface area contributed by atoms with Gasteiger partial charge in [0.15, 0.2) is 0 Å². The van der Waals surface area contributed by atoms with Crippen LogP contribution in [0, 0.1) is 20.8 Å². The minimum absolute atomic E-state index is 0.517. The summed E-state index contributed by atoms with van der Waals surface area (Å²) < 4.78 is 0. The molecule has 0 aliphatic heterocycles. The van der Waals surface area contributed by atoms with Gasteiger partial charge in [0.25, 0.3) is 0 Å². The van der Waals surface area contributed by atoms with E-state index in [2.05, 4.69) is 35.9 Å². The van der Waals surface area contributed by atoms with Crippen LogP contribution in [0.25, 0.3) is 11.3 Å². The van der Waals surface area contributed by atoms with Crippen LogP contribution in [0.5, 0.6) is 0 Å². The van der Waals surface area contributed by atoms with Crippen LogP contribution in [0.3, 0.4) is 0 Å². The zero-order chi connectivity index (χ0) is 11.7. The highest BCUT2D eigenvalue weighted by Gasteiger charge is 2.06. The van der Waals surface area contributed by atoms with Crippen molar-refractivity contribution in [3.05, 3.63) is 41.2 Å². The number of hydrogen-bond donors (Lipinski definition) is 1. The SMILES string of the molecule is Cc1nc(N)cc(-c2cccc(C)c2C)n1. The second-order valence-corrected chi connectivity index (χ2v) is 3.97. The van der Waals surface area contributed by atoms with Gasteiger partial charge >= 0.3 is 0 Å². The van der Waals surface area contributed by atoms with Gasteiger partial charge < -0.3 is 5.73 Å². The van der Waals surface area contributed by atoms with Crippen molar-refractivity contribution in [3.8, 4) is 11.3 Å². The molecule has 1 heterocycles. The summed E-state index contributed by atoms with van der Waals surface area (Å²) in [6.07, 6.45) is 0. The molecular formula is C13H15N3. The molecule has 1 aromatic heterocycles. The Kier molecular flexibility index (Phi) is 2.60. The number of nitrogen functional groups attached to an aromatic ring is 1. The van der Waals surface area contributed by atoms with Gasteiger partial charge in [0, 0.05) is 11.6 Å². The molecule has 0 amide bonds. The molecule has 16 heavy (non-hydrogen) atoms. The van der Waals surface area contributed by atoms with Crippen molar-refractivity contribution in [1.29, 1.82) is 0 Å². The lowest BCUT2D eigenvalue weighted by atomic mass is 10.0. The summed E-state index contributed by atoms with van der Waals surface area (Å²) in [4.78, 5) is 8.49. The number of aromatic nitrogens is 2. The largest absolute Gasteiger partial charge is 0.384 e. The molecule has 0 radical (unpaired) electrons. The molecule has 0 saturated carbocycles. The Hall–Kier alpha value is -1.90. The van der Waals surface area contributed by atoms with Crippen LogP contribution in [0.15, 0.2) is 24.3 Å². The summed E-state index contributed by atoms with van der Waals surface area (Å²) in [5.41, 5.74) is 10.2. The number of hydrogen-bond acceptors (Lipinski definition) is 3. The van der Waals surface area contributed by atoms with E-state index in [1.807, 2.05) is 19.1 Å². The number of benzene rings is 1. The maximum atomic E-state index is 5.73. The van der Waals surface area contributed by atoms with E-state index in [4.69, 9.17) is 5.73 Å². The number of aryl methyl sites for hydroxylation is 2. The van der Waals surface area contributed by atoms with E-state index in [-0.39, 0.29) is 0 Å². The highest BCUT2D eigenvalue weighted by atomic mass is 14.9. The number of anilines is 1. The summed E-state index contributed by atoms with van der Waals surface area (Å²) in [5.74, 6) is 1.22. The summed E-state index contributed by atoms with van der Waals surface area (Å²) in [6.45, 7) is 6.04. The first-order valence-electron chi connectivity index (χ1n) is 5.25. The molecule has 2 aromatic rings. The van der Waals surface area contributed by atoms with E-state index in [0.29, 0.717) is 11.6 Å². The van der Waals surface area contributed by atoms with Gasteiger partial charge in [0.05, 0.1) is 5.69 Å². The van der Waals surface area contributed by atoms with Crippen molar-refractivity contribution >= 4 is 5.82 Å². The molecule has 0 aliphatic rings. The zero-order valence-electron chi connectivity index (χ0n) is 9.78. The molecule has 0 atom stereocenters. The molecule has 0 aliphatic carbocycles. The first kappa shape index (κ1) is 10.6. The first-order valence-corrected chi connectivity index (χ1v) is 5.25. The molecule has 3 nitrogen and oxygen atoms in total. The zero-order valence-corrected chi connectivity index (χ0v) is 9.78. The van der Waals surface area contributed by atoms with Crippen LogP contribution < -0.4 is 5.73 Å². The fourth-order valence-corrected chi connectivity index (χ4v) is 1.76. The van der Waals surface area contributed by atoms with E-state index in [9.17, 15) is 0 Å². The third-order valence-corrected chi connectivity index (χ3v) is 2.74. The van der Waals surface area contributed by atoms with E-state index in [0.717, 1.165) is 11.3 Å². The summed E-state index contributed by atoms with van der Waals surface area (Å²) in [5, 5.41) is 0. The molecule has 1 aromatic carbocycles. The molecule has 2 rings (SSSR count). The van der Waals surface area contributed by atoms with Crippen molar-refractivity contribution in [2.75, 3.05) is 5.73 Å². The minimum atomic E-state index is 0.517. The van der Waals surface area contributed by atoms with Crippen molar-refractivity contribution in [3.63, 3.8) is 0 Å². The maximum absolute atomic E-state index is 5.73. The van der Waals surface area contributed by atoms with Crippen molar-refractivity contribution in [1.82, 2.24) is 9.97 Å². The summed E-state index contributed by atoms with van der Waals surface area (Å²) >= 11 is 0. The van der Waals surface area contributed by atoms with E-state index < -0.39 is 0 Å². The van der Waals surface area contributed by atoms with Crippen LogP contribution >= 0.6 is 0 Å². The lowest BCUT2D eigenvalue weighted by molar-refractivity contribution is 1.06. The minimum Gasteiger partial charge on any atom is -0.384 e. The molecule has 0 bridgehead atoms. The van der Waals surface area contributed by atoms with E-state index in [1.165, 1.54) is 11.1 Å². The molecule has 82 valence electrons. The average molecular weight is 213 g/mol. The maximum Gasteiger partial charge on any atom is 0.128 e. The highest BCUT2D eigenvalue weighted by molar-refractivity contribution is 5.66. The fraction of sp³-hybridized carbons (Fsp3) is 0.231. The Balaban J connectivity index is 2.63. The van der Waals surface area contributed by atoms with Gasteiger partial charge in [-0.05, 0) is 31.9 Å².